The van der Waals surface area contributed by atoms with Crippen molar-refractivity contribution in [1.29, 1.82) is 0 Å². The van der Waals surface area contributed by atoms with E-state index in [4.69, 9.17) is 5.11 Å². The van der Waals surface area contributed by atoms with Gasteiger partial charge in [0.15, 0.2) is 0 Å². The van der Waals surface area contributed by atoms with Crippen molar-refractivity contribution >= 4 is 16.9 Å². The van der Waals surface area contributed by atoms with Crippen molar-refractivity contribution in [3.63, 3.8) is 0 Å². The van der Waals surface area contributed by atoms with Crippen LogP contribution >= 0.6 is 0 Å². The summed E-state index contributed by atoms with van der Waals surface area (Å²) in [5.41, 5.74) is 1.30. The van der Waals surface area contributed by atoms with Gasteiger partial charge in [-0.3, -0.25) is 4.98 Å². The summed E-state index contributed by atoms with van der Waals surface area (Å²) in [4.78, 5) is 14.2. The second-order valence-corrected chi connectivity index (χ2v) is 6.14. The molecule has 6 heteroatoms. The number of alkyl halides is 3. The van der Waals surface area contributed by atoms with Crippen molar-refractivity contribution in [2.24, 2.45) is 0 Å². The lowest BCUT2D eigenvalue weighted by Gasteiger charge is -2.09. The third-order valence-corrected chi connectivity index (χ3v) is 4.14. The molecule has 0 saturated carbocycles. The molecule has 0 aliphatic heterocycles. The zero-order valence-corrected chi connectivity index (χ0v) is 15.1. The number of carbonyl (C=O) groups is 1. The van der Waals surface area contributed by atoms with Crippen LogP contribution in [0, 0.1) is 0 Å². The molecule has 1 aromatic heterocycles. The highest BCUT2D eigenvalue weighted by Gasteiger charge is 2.33. The molecular weight excluding hydrogens is 379 g/mol. The monoisotopic (exact) mass is 395 g/mol. The molecule has 0 amide bonds. The SMILES string of the molecule is O=C(O)c1cnc2c(C(F)(F)F)cccc2c1.c1ccc(-c2ccccc2)cc1. The van der Waals surface area contributed by atoms with E-state index in [1.54, 1.807) is 0 Å². The van der Waals surface area contributed by atoms with Crippen LogP contribution in [0.5, 0.6) is 0 Å². The first-order chi connectivity index (χ1) is 13.9. The Hall–Kier alpha value is -3.67. The minimum absolute atomic E-state index is 0.142. The van der Waals surface area contributed by atoms with Gasteiger partial charge in [-0.2, -0.15) is 13.2 Å². The number of nitrogens with zero attached hydrogens (tertiary/aromatic N) is 1. The molecule has 1 heterocycles. The molecule has 0 fully saturated rings. The molecule has 0 aliphatic carbocycles. The van der Waals surface area contributed by atoms with Gasteiger partial charge in [-0.1, -0.05) is 72.8 Å². The number of carboxylic acids is 1. The highest BCUT2D eigenvalue weighted by Crippen LogP contribution is 2.33. The molecule has 1 N–H and O–H groups in total. The standard InChI is InChI=1S/C12H10.C11H6F3NO2/c1-3-7-11(8-4-1)12-9-5-2-6-10-12;12-11(13,14)8-3-1-2-6-4-7(10(16)17)5-15-9(6)8/h1-10H;1-5H,(H,16,17). The number of hydrogen-bond donors (Lipinski definition) is 1. The predicted octanol–water partition coefficient (Wildman–Crippen LogP) is 6.31. The van der Waals surface area contributed by atoms with Gasteiger partial charge in [0.2, 0.25) is 0 Å². The van der Waals surface area contributed by atoms with Gasteiger partial charge in [0, 0.05) is 11.6 Å². The van der Waals surface area contributed by atoms with Crippen LogP contribution in [0.1, 0.15) is 15.9 Å². The number of halogens is 3. The Morgan fingerprint density at radius 3 is 1.83 bits per heavy atom. The minimum atomic E-state index is -4.50. The van der Waals surface area contributed by atoms with E-state index in [1.165, 1.54) is 29.3 Å². The van der Waals surface area contributed by atoms with E-state index in [9.17, 15) is 18.0 Å². The lowest BCUT2D eigenvalue weighted by molar-refractivity contribution is -0.136. The van der Waals surface area contributed by atoms with Crippen molar-refractivity contribution in [3.05, 3.63) is 102 Å². The molecule has 0 radical (unpaired) electrons. The van der Waals surface area contributed by atoms with Crippen LogP contribution in [0.4, 0.5) is 13.2 Å². The number of pyridine rings is 1. The van der Waals surface area contributed by atoms with Gasteiger partial charge in [0.25, 0.3) is 0 Å². The molecule has 4 rings (SSSR count). The Labute approximate surface area is 165 Å². The number of para-hydroxylation sites is 1. The molecule has 4 aromatic rings. The summed E-state index contributed by atoms with van der Waals surface area (Å²) in [5.74, 6) is -1.23. The number of benzene rings is 3. The predicted molar refractivity (Wildman–Crippen MR) is 106 cm³/mol. The summed E-state index contributed by atoms with van der Waals surface area (Å²) < 4.78 is 37.9. The zero-order valence-electron chi connectivity index (χ0n) is 15.1. The Morgan fingerprint density at radius 1 is 0.793 bits per heavy atom. The first-order valence-corrected chi connectivity index (χ1v) is 8.66. The van der Waals surface area contributed by atoms with Crippen LogP contribution in [-0.2, 0) is 6.18 Å². The van der Waals surface area contributed by atoms with Crippen molar-refractivity contribution in [2.45, 2.75) is 6.18 Å². The summed E-state index contributed by atoms with van der Waals surface area (Å²) in [6.07, 6.45) is -3.59. The van der Waals surface area contributed by atoms with Gasteiger partial charge < -0.3 is 5.11 Å². The first-order valence-electron chi connectivity index (χ1n) is 8.66. The maximum atomic E-state index is 12.6. The lowest BCUT2D eigenvalue weighted by Crippen LogP contribution is -2.07. The third kappa shape index (κ3) is 4.99. The quantitative estimate of drug-likeness (QED) is 0.433. The van der Waals surface area contributed by atoms with Gasteiger partial charge in [-0.05, 0) is 23.3 Å². The number of carboxylic acid groups (broad SMARTS) is 1. The second-order valence-electron chi connectivity index (χ2n) is 6.14. The van der Waals surface area contributed by atoms with Crippen molar-refractivity contribution < 1.29 is 23.1 Å². The maximum Gasteiger partial charge on any atom is 0.418 e. The van der Waals surface area contributed by atoms with E-state index >= 15 is 0 Å². The highest BCUT2D eigenvalue weighted by atomic mass is 19.4. The Balaban J connectivity index is 0.000000176. The van der Waals surface area contributed by atoms with Crippen LogP contribution < -0.4 is 0 Å². The largest absolute Gasteiger partial charge is 0.478 e. The number of fused-ring (bicyclic) bond motifs is 1. The molecule has 146 valence electrons. The molecule has 29 heavy (non-hydrogen) atoms. The molecule has 0 spiro atoms. The Bertz CT molecular complexity index is 1070. The van der Waals surface area contributed by atoms with Crippen molar-refractivity contribution in [2.75, 3.05) is 0 Å². The third-order valence-electron chi connectivity index (χ3n) is 4.14. The molecule has 3 aromatic carbocycles. The van der Waals surface area contributed by atoms with Gasteiger partial charge in [-0.15, -0.1) is 0 Å². The molecule has 0 aliphatic rings. The maximum absolute atomic E-state index is 12.6. The molecule has 3 nitrogen and oxygen atoms in total. The number of hydrogen-bond acceptors (Lipinski definition) is 2. The summed E-state index contributed by atoms with van der Waals surface area (Å²) in [6, 6.07) is 25.5. The average molecular weight is 395 g/mol. The van der Waals surface area contributed by atoms with Crippen LogP contribution in [-0.4, -0.2) is 16.1 Å². The van der Waals surface area contributed by atoms with Gasteiger partial charge in [-0.25, -0.2) is 4.79 Å². The number of aromatic nitrogens is 1. The van der Waals surface area contributed by atoms with Crippen molar-refractivity contribution in [1.82, 2.24) is 4.98 Å². The van der Waals surface area contributed by atoms with Crippen LogP contribution in [0.3, 0.4) is 0 Å². The van der Waals surface area contributed by atoms with E-state index in [0.717, 1.165) is 12.3 Å². The summed E-state index contributed by atoms with van der Waals surface area (Å²) >= 11 is 0. The smallest absolute Gasteiger partial charge is 0.418 e. The topological polar surface area (TPSA) is 50.2 Å². The van der Waals surface area contributed by atoms with E-state index in [1.807, 2.05) is 12.1 Å². The van der Waals surface area contributed by atoms with Gasteiger partial charge >= 0.3 is 12.1 Å². The van der Waals surface area contributed by atoms with Crippen LogP contribution in [0.25, 0.3) is 22.0 Å². The zero-order chi connectivity index (χ0) is 20.9. The van der Waals surface area contributed by atoms with E-state index in [2.05, 4.69) is 53.5 Å². The summed E-state index contributed by atoms with van der Waals surface area (Å²) in [5, 5.41) is 8.86. The van der Waals surface area contributed by atoms with Crippen LogP contribution in [0.2, 0.25) is 0 Å². The number of aromatic carboxylic acids is 1. The molecular formula is C23H16F3NO2. The van der Waals surface area contributed by atoms with Gasteiger partial charge in [0.1, 0.15) is 0 Å². The fourth-order valence-corrected chi connectivity index (χ4v) is 2.77. The van der Waals surface area contributed by atoms with Crippen molar-refractivity contribution in [3.8, 4) is 11.1 Å². The molecule has 0 bridgehead atoms. The second kappa shape index (κ2) is 8.56. The molecule has 0 unspecified atom stereocenters. The fourth-order valence-electron chi connectivity index (χ4n) is 2.77. The minimum Gasteiger partial charge on any atom is -0.478 e. The van der Waals surface area contributed by atoms with E-state index < -0.39 is 17.7 Å². The Kier molecular flexibility index (Phi) is 5.93. The van der Waals surface area contributed by atoms with Gasteiger partial charge in [0.05, 0.1) is 16.6 Å². The highest BCUT2D eigenvalue weighted by molar-refractivity contribution is 5.93. The summed E-state index contributed by atoms with van der Waals surface area (Å²) in [7, 11) is 0. The average Bonchev–Trinajstić information content (AvgIpc) is 2.74. The number of rotatable bonds is 2. The Morgan fingerprint density at radius 2 is 1.34 bits per heavy atom. The molecule has 0 saturated heterocycles. The molecule has 0 atom stereocenters. The fraction of sp³-hybridized carbons (Fsp3) is 0.0435. The summed E-state index contributed by atoms with van der Waals surface area (Å²) in [6.45, 7) is 0. The first kappa shape index (κ1) is 20.1. The lowest BCUT2D eigenvalue weighted by atomic mass is 10.1. The van der Waals surface area contributed by atoms with E-state index in [-0.39, 0.29) is 16.5 Å². The van der Waals surface area contributed by atoms with E-state index in [0.29, 0.717) is 0 Å². The van der Waals surface area contributed by atoms with Crippen LogP contribution in [0.15, 0.2) is 91.1 Å². The normalized spacial score (nSPS) is 10.9.